The van der Waals surface area contributed by atoms with Crippen LogP contribution in [0.4, 0.5) is 5.69 Å². The monoisotopic (exact) mass is 343 g/mol. The molecular weight excluding hydrogens is 322 g/mol. The first-order valence-corrected chi connectivity index (χ1v) is 8.71. The van der Waals surface area contributed by atoms with Crippen molar-refractivity contribution in [3.63, 3.8) is 0 Å². The Bertz CT molecular complexity index is 522. The number of anilines is 1. The highest BCUT2D eigenvalue weighted by Crippen LogP contribution is 2.20. The van der Waals surface area contributed by atoms with Crippen LogP contribution in [0.1, 0.15) is 32.3 Å². The quantitative estimate of drug-likeness (QED) is 0.571. The predicted molar refractivity (Wildman–Crippen MR) is 92.6 cm³/mol. The number of unbranched alkanes of at least 4 members (excludes halogenated alkanes) is 1. The third kappa shape index (κ3) is 6.71. The third-order valence-corrected chi connectivity index (χ3v) is 4.36. The van der Waals surface area contributed by atoms with E-state index < -0.39 is 0 Å². The second-order valence-electron chi connectivity index (χ2n) is 4.98. The highest BCUT2D eigenvalue weighted by molar-refractivity contribution is 8.01. The van der Waals surface area contributed by atoms with Crippen LogP contribution in [-0.2, 0) is 14.3 Å². The van der Waals surface area contributed by atoms with Gasteiger partial charge in [0.05, 0.1) is 12.4 Å². The molecule has 0 radical (unpaired) electrons. The lowest BCUT2D eigenvalue weighted by Crippen LogP contribution is -2.22. The average Bonchev–Trinajstić information content (AvgIpc) is 2.47. The fourth-order valence-corrected chi connectivity index (χ4v) is 2.56. The van der Waals surface area contributed by atoms with Gasteiger partial charge in [0.25, 0.3) is 0 Å². The Hall–Kier alpha value is -1.20. The van der Waals surface area contributed by atoms with Gasteiger partial charge < -0.3 is 10.1 Å². The first-order valence-electron chi connectivity index (χ1n) is 7.28. The Morgan fingerprint density at radius 3 is 2.77 bits per heavy atom. The summed E-state index contributed by atoms with van der Waals surface area (Å²) < 4.78 is 5.12. The van der Waals surface area contributed by atoms with Gasteiger partial charge in [-0.25, -0.2) is 0 Å². The molecule has 0 aromatic heterocycles. The molecule has 1 N–H and O–H groups in total. The van der Waals surface area contributed by atoms with E-state index >= 15 is 0 Å². The van der Waals surface area contributed by atoms with E-state index in [1.54, 1.807) is 25.1 Å². The molecule has 0 saturated carbocycles. The molecule has 0 aliphatic rings. The Balaban J connectivity index is 2.37. The zero-order valence-electron chi connectivity index (χ0n) is 13.1. The maximum Gasteiger partial charge on any atom is 0.318 e. The summed E-state index contributed by atoms with van der Waals surface area (Å²) >= 11 is 7.14. The third-order valence-electron chi connectivity index (χ3n) is 3.00. The second kappa shape index (κ2) is 9.74. The molecule has 1 atom stereocenters. The van der Waals surface area contributed by atoms with E-state index in [4.69, 9.17) is 16.3 Å². The van der Waals surface area contributed by atoms with Gasteiger partial charge in [-0.05, 0) is 44.0 Å². The maximum absolute atomic E-state index is 11.9. The highest BCUT2D eigenvalue weighted by atomic mass is 35.5. The molecular formula is C16H22ClNO3S. The lowest BCUT2D eigenvalue weighted by molar-refractivity contribution is -0.142. The fraction of sp³-hybridized carbons (Fsp3) is 0.500. The number of benzene rings is 1. The molecule has 1 aromatic carbocycles. The van der Waals surface area contributed by atoms with Gasteiger partial charge in [-0.3, -0.25) is 9.59 Å². The van der Waals surface area contributed by atoms with Gasteiger partial charge >= 0.3 is 5.97 Å². The van der Waals surface area contributed by atoms with Gasteiger partial charge in [-0.2, -0.15) is 0 Å². The summed E-state index contributed by atoms with van der Waals surface area (Å²) in [4.78, 5) is 23.6. The average molecular weight is 344 g/mol. The maximum atomic E-state index is 11.9. The molecule has 0 spiro atoms. The highest BCUT2D eigenvalue weighted by Gasteiger charge is 2.16. The number of halogens is 1. The molecule has 1 unspecified atom stereocenters. The van der Waals surface area contributed by atoms with Crippen LogP contribution in [0.2, 0.25) is 5.02 Å². The lowest BCUT2D eigenvalue weighted by atomic mass is 10.2. The topological polar surface area (TPSA) is 55.4 Å². The number of carbonyl (C=O) groups is 2. The Morgan fingerprint density at radius 1 is 1.41 bits per heavy atom. The van der Waals surface area contributed by atoms with Crippen molar-refractivity contribution in [2.45, 2.75) is 38.9 Å². The van der Waals surface area contributed by atoms with E-state index in [0.717, 1.165) is 24.1 Å². The van der Waals surface area contributed by atoms with Gasteiger partial charge in [0.15, 0.2) is 0 Å². The van der Waals surface area contributed by atoms with Crippen molar-refractivity contribution in [3.05, 3.63) is 28.8 Å². The van der Waals surface area contributed by atoms with Crippen LogP contribution >= 0.6 is 23.4 Å². The molecule has 4 nitrogen and oxygen atoms in total. The smallest absolute Gasteiger partial charge is 0.318 e. The molecule has 1 aromatic rings. The van der Waals surface area contributed by atoms with E-state index in [2.05, 4.69) is 5.32 Å². The Labute approximate surface area is 140 Å². The van der Waals surface area contributed by atoms with E-state index in [1.807, 2.05) is 13.8 Å². The summed E-state index contributed by atoms with van der Waals surface area (Å²) in [6.07, 6.45) is 1.84. The molecule has 0 heterocycles. The number of nitrogens with one attached hydrogen (secondary N) is 1. The summed E-state index contributed by atoms with van der Waals surface area (Å²) in [5.41, 5.74) is 1.63. The van der Waals surface area contributed by atoms with E-state index in [9.17, 15) is 9.59 Å². The number of hydrogen-bond donors (Lipinski definition) is 1. The Kier molecular flexibility index (Phi) is 8.35. The molecule has 0 saturated heterocycles. The fourth-order valence-electron chi connectivity index (χ4n) is 1.66. The van der Waals surface area contributed by atoms with Crippen molar-refractivity contribution in [1.82, 2.24) is 0 Å². The van der Waals surface area contributed by atoms with Crippen molar-refractivity contribution >= 4 is 40.9 Å². The lowest BCUT2D eigenvalue weighted by Gasteiger charge is -2.12. The minimum atomic E-state index is -0.353. The van der Waals surface area contributed by atoms with Gasteiger partial charge in [-0.15, -0.1) is 11.8 Å². The SMILES string of the molecule is CCCCOC(=O)C(C)SCC(=O)Nc1ccc(Cl)cc1C. The first-order chi connectivity index (χ1) is 10.4. The molecule has 0 aliphatic heterocycles. The standard InChI is InChI=1S/C16H22ClNO3S/c1-4-5-8-21-16(20)12(3)22-10-15(19)18-14-7-6-13(17)9-11(14)2/h6-7,9,12H,4-5,8,10H2,1-3H3,(H,18,19). The number of aryl methyl sites for hydroxylation is 1. The van der Waals surface area contributed by atoms with Crippen molar-refractivity contribution in [1.29, 1.82) is 0 Å². The van der Waals surface area contributed by atoms with Crippen LogP contribution in [0.15, 0.2) is 18.2 Å². The van der Waals surface area contributed by atoms with Gasteiger partial charge in [-0.1, -0.05) is 24.9 Å². The largest absolute Gasteiger partial charge is 0.465 e. The minimum absolute atomic E-state index is 0.149. The summed E-state index contributed by atoms with van der Waals surface area (Å²) in [6.45, 7) is 6.10. The van der Waals surface area contributed by atoms with Crippen LogP contribution in [0.3, 0.4) is 0 Å². The van der Waals surface area contributed by atoms with Gasteiger partial charge in [0.1, 0.15) is 5.25 Å². The van der Waals surface area contributed by atoms with Crippen molar-refractivity contribution in [3.8, 4) is 0 Å². The minimum Gasteiger partial charge on any atom is -0.465 e. The molecule has 1 amide bonds. The number of hydrogen-bond acceptors (Lipinski definition) is 4. The van der Waals surface area contributed by atoms with Crippen LogP contribution in [0.5, 0.6) is 0 Å². The molecule has 6 heteroatoms. The molecule has 1 rings (SSSR count). The molecule has 0 aliphatic carbocycles. The van der Waals surface area contributed by atoms with Crippen LogP contribution in [0, 0.1) is 6.92 Å². The zero-order valence-corrected chi connectivity index (χ0v) is 14.7. The van der Waals surface area contributed by atoms with Crippen LogP contribution in [0.25, 0.3) is 0 Å². The summed E-state index contributed by atoms with van der Waals surface area (Å²) in [7, 11) is 0. The van der Waals surface area contributed by atoms with Crippen LogP contribution in [-0.4, -0.2) is 29.5 Å². The van der Waals surface area contributed by atoms with Crippen molar-refractivity contribution in [2.24, 2.45) is 0 Å². The van der Waals surface area contributed by atoms with Crippen molar-refractivity contribution in [2.75, 3.05) is 17.7 Å². The Morgan fingerprint density at radius 2 is 2.14 bits per heavy atom. The number of ether oxygens (including phenoxy) is 1. The van der Waals surface area contributed by atoms with Gasteiger partial charge in [0.2, 0.25) is 5.91 Å². The number of amides is 1. The van der Waals surface area contributed by atoms with E-state index in [-0.39, 0.29) is 22.9 Å². The van der Waals surface area contributed by atoms with Gasteiger partial charge in [0, 0.05) is 10.7 Å². The van der Waals surface area contributed by atoms with Crippen LogP contribution < -0.4 is 5.32 Å². The molecule has 122 valence electrons. The zero-order chi connectivity index (χ0) is 16.5. The number of rotatable bonds is 8. The molecule has 0 fully saturated rings. The predicted octanol–water partition coefficient (Wildman–Crippen LogP) is 4.05. The number of carbonyl (C=O) groups excluding carboxylic acids is 2. The van der Waals surface area contributed by atoms with E-state index in [0.29, 0.717) is 11.6 Å². The van der Waals surface area contributed by atoms with Crippen molar-refractivity contribution < 1.29 is 14.3 Å². The van der Waals surface area contributed by atoms with E-state index in [1.165, 1.54) is 11.8 Å². The summed E-state index contributed by atoms with van der Waals surface area (Å²) in [5.74, 6) is -0.218. The summed E-state index contributed by atoms with van der Waals surface area (Å²) in [5, 5.41) is 3.09. The molecule has 22 heavy (non-hydrogen) atoms. The first kappa shape index (κ1) is 18.8. The second-order valence-corrected chi connectivity index (χ2v) is 6.75. The summed E-state index contributed by atoms with van der Waals surface area (Å²) in [6, 6.07) is 5.28. The number of esters is 1. The molecule has 0 bridgehead atoms. The normalized spacial score (nSPS) is 11.8. The number of thioether (sulfide) groups is 1.